The molecule has 2 amide bonds. The lowest BCUT2D eigenvalue weighted by Gasteiger charge is -2.29. The van der Waals surface area contributed by atoms with Crippen LogP contribution in [0.4, 0.5) is 13.6 Å². The van der Waals surface area contributed by atoms with Gasteiger partial charge in [0.2, 0.25) is 0 Å². The first-order chi connectivity index (χ1) is 12.4. The van der Waals surface area contributed by atoms with Gasteiger partial charge in [0.1, 0.15) is 11.6 Å². The standard InChI is InChI=1S/C18H23F2N3O3/c1-4-14-16(17(24)26-5-2)15(23-18(25)22-14)9-21-10(3)12-7-6-11(19)8-13(12)20/h6-8,10,14,21H,4-5,9H2,1-3H3,(H2,22,23,25)/t10-,14+/m0/s1. The third-order valence-corrected chi connectivity index (χ3v) is 4.16. The number of amides is 2. The average molecular weight is 367 g/mol. The van der Waals surface area contributed by atoms with Gasteiger partial charge >= 0.3 is 12.0 Å². The fourth-order valence-corrected chi connectivity index (χ4v) is 2.82. The van der Waals surface area contributed by atoms with E-state index in [1.807, 2.05) is 6.92 Å². The Labute approximate surface area is 151 Å². The average Bonchev–Trinajstić information content (AvgIpc) is 2.59. The molecular weight excluding hydrogens is 344 g/mol. The number of nitrogens with one attached hydrogen (secondary N) is 3. The number of carbonyl (C=O) groups excluding carboxylic acids is 2. The number of halogens is 2. The normalized spacial score (nSPS) is 18.2. The highest BCUT2D eigenvalue weighted by molar-refractivity contribution is 5.94. The second-order valence-corrected chi connectivity index (χ2v) is 5.94. The van der Waals surface area contributed by atoms with Gasteiger partial charge in [-0.2, -0.15) is 0 Å². The van der Waals surface area contributed by atoms with Crippen molar-refractivity contribution in [2.45, 2.75) is 39.3 Å². The molecule has 2 atom stereocenters. The summed E-state index contributed by atoms with van der Waals surface area (Å²) in [6.45, 7) is 5.59. The molecule has 0 radical (unpaired) electrons. The second kappa shape index (κ2) is 8.75. The molecule has 142 valence electrons. The zero-order chi connectivity index (χ0) is 19.3. The van der Waals surface area contributed by atoms with Gasteiger partial charge in [-0.05, 0) is 26.3 Å². The zero-order valence-electron chi connectivity index (χ0n) is 15.0. The SMILES string of the molecule is CCOC(=O)C1=C(CN[C@@H](C)c2ccc(F)cc2F)NC(=O)N[C@@H]1CC. The maximum absolute atomic E-state index is 13.9. The van der Waals surface area contributed by atoms with E-state index in [9.17, 15) is 18.4 Å². The molecule has 1 aromatic rings. The van der Waals surface area contributed by atoms with Crippen LogP contribution in [0.5, 0.6) is 0 Å². The van der Waals surface area contributed by atoms with Crippen molar-refractivity contribution in [2.24, 2.45) is 0 Å². The van der Waals surface area contributed by atoms with Crippen LogP contribution in [0.25, 0.3) is 0 Å². The number of urea groups is 1. The Morgan fingerprint density at radius 2 is 2.08 bits per heavy atom. The molecule has 0 saturated heterocycles. The smallest absolute Gasteiger partial charge is 0.337 e. The molecule has 0 spiro atoms. The van der Waals surface area contributed by atoms with E-state index in [1.165, 1.54) is 12.1 Å². The minimum Gasteiger partial charge on any atom is -0.463 e. The summed E-state index contributed by atoms with van der Waals surface area (Å²) in [7, 11) is 0. The molecule has 0 saturated carbocycles. The van der Waals surface area contributed by atoms with E-state index >= 15 is 0 Å². The molecule has 6 nitrogen and oxygen atoms in total. The highest BCUT2D eigenvalue weighted by atomic mass is 19.1. The van der Waals surface area contributed by atoms with Gasteiger partial charge in [0.15, 0.2) is 0 Å². The van der Waals surface area contributed by atoms with E-state index in [1.54, 1.807) is 13.8 Å². The lowest BCUT2D eigenvalue weighted by Crippen LogP contribution is -2.52. The monoisotopic (exact) mass is 367 g/mol. The van der Waals surface area contributed by atoms with Crippen LogP contribution in [-0.4, -0.2) is 31.2 Å². The van der Waals surface area contributed by atoms with Gasteiger partial charge in [0.05, 0.1) is 18.2 Å². The van der Waals surface area contributed by atoms with Crippen LogP contribution in [0.2, 0.25) is 0 Å². The number of carbonyl (C=O) groups is 2. The Balaban J connectivity index is 2.21. The number of hydrogen-bond donors (Lipinski definition) is 3. The largest absolute Gasteiger partial charge is 0.463 e. The summed E-state index contributed by atoms with van der Waals surface area (Å²) in [4.78, 5) is 24.1. The summed E-state index contributed by atoms with van der Waals surface area (Å²) >= 11 is 0. The minimum absolute atomic E-state index is 0.121. The quantitative estimate of drug-likeness (QED) is 0.647. The summed E-state index contributed by atoms with van der Waals surface area (Å²) in [6.07, 6.45) is 0.521. The van der Waals surface area contributed by atoms with Crippen LogP contribution in [-0.2, 0) is 9.53 Å². The lowest BCUT2D eigenvalue weighted by atomic mass is 9.99. The fourth-order valence-electron chi connectivity index (χ4n) is 2.82. The molecule has 0 fully saturated rings. The van der Waals surface area contributed by atoms with Crippen molar-refractivity contribution in [1.82, 2.24) is 16.0 Å². The molecule has 1 aliphatic heterocycles. The molecule has 0 unspecified atom stereocenters. The minimum atomic E-state index is -0.662. The Morgan fingerprint density at radius 3 is 2.69 bits per heavy atom. The molecule has 3 N–H and O–H groups in total. The van der Waals surface area contributed by atoms with Crippen LogP contribution in [0, 0.1) is 11.6 Å². The third kappa shape index (κ3) is 4.57. The maximum atomic E-state index is 13.9. The molecule has 0 aliphatic carbocycles. The van der Waals surface area contributed by atoms with Crippen molar-refractivity contribution in [3.8, 4) is 0 Å². The number of esters is 1. The summed E-state index contributed by atoms with van der Waals surface area (Å²) in [5, 5.41) is 8.35. The number of rotatable bonds is 7. The lowest BCUT2D eigenvalue weighted by molar-refractivity contribution is -0.139. The Hall–Kier alpha value is -2.48. The molecule has 0 aromatic heterocycles. The first-order valence-corrected chi connectivity index (χ1v) is 8.53. The zero-order valence-corrected chi connectivity index (χ0v) is 15.0. The predicted molar refractivity (Wildman–Crippen MR) is 92.2 cm³/mol. The van der Waals surface area contributed by atoms with Crippen LogP contribution in [0.1, 0.15) is 38.8 Å². The van der Waals surface area contributed by atoms with Gasteiger partial charge in [-0.3, -0.25) is 0 Å². The van der Waals surface area contributed by atoms with E-state index in [0.29, 0.717) is 17.7 Å². The van der Waals surface area contributed by atoms with Crippen LogP contribution < -0.4 is 16.0 Å². The summed E-state index contributed by atoms with van der Waals surface area (Å²) in [5.41, 5.74) is 1.01. The Morgan fingerprint density at radius 1 is 1.35 bits per heavy atom. The molecule has 1 heterocycles. The van der Waals surface area contributed by atoms with Crippen molar-refractivity contribution in [3.63, 3.8) is 0 Å². The number of hydrogen-bond acceptors (Lipinski definition) is 4. The number of benzene rings is 1. The molecular formula is C18H23F2N3O3. The molecule has 1 aromatic carbocycles. The molecule has 8 heteroatoms. The van der Waals surface area contributed by atoms with E-state index in [4.69, 9.17) is 4.74 Å². The van der Waals surface area contributed by atoms with Crippen LogP contribution >= 0.6 is 0 Å². The Kier molecular flexibility index (Phi) is 6.68. The van der Waals surface area contributed by atoms with Crippen molar-refractivity contribution in [2.75, 3.05) is 13.2 Å². The highest BCUT2D eigenvalue weighted by Gasteiger charge is 2.31. The molecule has 26 heavy (non-hydrogen) atoms. The number of ether oxygens (including phenoxy) is 1. The van der Waals surface area contributed by atoms with Crippen molar-refractivity contribution < 1.29 is 23.1 Å². The van der Waals surface area contributed by atoms with Gasteiger partial charge in [-0.1, -0.05) is 13.0 Å². The van der Waals surface area contributed by atoms with E-state index in [2.05, 4.69) is 16.0 Å². The van der Waals surface area contributed by atoms with Crippen molar-refractivity contribution in [1.29, 1.82) is 0 Å². The van der Waals surface area contributed by atoms with Gasteiger partial charge in [0, 0.05) is 29.9 Å². The first-order valence-electron chi connectivity index (χ1n) is 8.53. The molecule has 0 bridgehead atoms. The van der Waals surface area contributed by atoms with E-state index in [0.717, 1.165) is 6.07 Å². The van der Waals surface area contributed by atoms with Gasteiger partial charge in [0.25, 0.3) is 0 Å². The van der Waals surface area contributed by atoms with Gasteiger partial charge in [-0.15, -0.1) is 0 Å². The van der Waals surface area contributed by atoms with Gasteiger partial charge < -0.3 is 20.7 Å². The topological polar surface area (TPSA) is 79.5 Å². The van der Waals surface area contributed by atoms with Gasteiger partial charge in [-0.25, -0.2) is 18.4 Å². The highest BCUT2D eigenvalue weighted by Crippen LogP contribution is 2.20. The summed E-state index contributed by atoms with van der Waals surface area (Å²) in [6, 6.07) is 2.02. The van der Waals surface area contributed by atoms with E-state index in [-0.39, 0.29) is 18.7 Å². The van der Waals surface area contributed by atoms with E-state index < -0.39 is 35.7 Å². The summed E-state index contributed by atoms with van der Waals surface area (Å²) < 4.78 is 32.0. The van der Waals surface area contributed by atoms with Crippen molar-refractivity contribution in [3.05, 3.63) is 46.7 Å². The molecule has 1 aliphatic rings. The second-order valence-electron chi connectivity index (χ2n) is 5.94. The van der Waals surface area contributed by atoms with Crippen molar-refractivity contribution >= 4 is 12.0 Å². The Bertz CT molecular complexity index is 722. The fraction of sp³-hybridized carbons (Fsp3) is 0.444. The van der Waals surface area contributed by atoms with Crippen LogP contribution in [0.15, 0.2) is 29.5 Å². The maximum Gasteiger partial charge on any atom is 0.337 e. The third-order valence-electron chi connectivity index (χ3n) is 4.16. The predicted octanol–water partition coefficient (Wildman–Crippen LogP) is 2.52. The summed E-state index contributed by atoms with van der Waals surface area (Å²) in [5.74, 6) is -1.82. The van der Waals surface area contributed by atoms with Crippen LogP contribution in [0.3, 0.4) is 0 Å². The first kappa shape index (κ1) is 19.8. The molecule has 2 rings (SSSR count).